The smallest absolute Gasteiger partial charge is 0.196 e. The molecule has 1 aliphatic heterocycles. The van der Waals surface area contributed by atoms with E-state index in [9.17, 15) is 13.2 Å². The van der Waals surface area contributed by atoms with Crippen LogP contribution >= 0.6 is 11.8 Å². The highest BCUT2D eigenvalue weighted by molar-refractivity contribution is 8.15. The number of halogens is 3. The molecular weight excluding hydrogens is 285 g/mol. The van der Waals surface area contributed by atoms with Crippen molar-refractivity contribution in [1.82, 2.24) is 0 Å². The van der Waals surface area contributed by atoms with Crippen molar-refractivity contribution in [3.05, 3.63) is 29.6 Å². The number of anilines is 1. The number of nitrogens with zero attached hydrogens (tertiary/aromatic N) is 1. The number of hydrogen-bond donors (Lipinski definition) is 1. The van der Waals surface area contributed by atoms with Gasteiger partial charge in [-0.3, -0.25) is 4.99 Å². The molecule has 0 aromatic heterocycles. The highest BCUT2D eigenvalue weighted by atomic mass is 32.2. The summed E-state index contributed by atoms with van der Waals surface area (Å²) in [4.78, 5) is 4.31. The standard InChI is InChI=1S/C14H17F3N2S/c1-3-8(4-2)11-7-18-14(20-11)19-10-6-5-9(15)12(16)13(10)17/h5-6,8,11H,3-4,7H2,1-2H3,(H,18,19). The second kappa shape index (κ2) is 6.52. The Kier molecular flexibility index (Phi) is 4.96. The first-order valence-electron chi connectivity index (χ1n) is 6.68. The van der Waals surface area contributed by atoms with Gasteiger partial charge in [0.15, 0.2) is 22.6 Å². The molecule has 2 nitrogen and oxygen atoms in total. The lowest BCUT2D eigenvalue weighted by atomic mass is 9.99. The molecule has 0 bridgehead atoms. The van der Waals surface area contributed by atoms with Crippen molar-refractivity contribution in [2.75, 3.05) is 11.9 Å². The van der Waals surface area contributed by atoms with Crippen LogP contribution in [0.5, 0.6) is 0 Å². The maximum Gasteiger partial charge on any atom is 0.196 e. The molecule has 1 N–H and O–H groups in total. The molecule has 0 spiro atoms. The van der Waals surface area contributed by atoms with E-state index in [1.54, 1.807) is 0 Å². The van der Waals surface area contributed by atoms with Gasteiger partial charge in [0.05, 0.1) is 12.2 Å². The van der Waals surface area contributed by atoms with Gasteiger partial charge in [0.25, 0.3) is 0 Å². The Morgan fingerprint density at radius 1 is 1.25 bits per heavy atom. The summed E-state index contributed by atoms with van der Waals surface area (Å²) < 4.78 is 39.6. The van der Waals surface area contributed by atoms with Crippen LogP contribution in [0.2, 0.25) is 0 Å². The van der Waals surface area contributed by atoms with E-state index in [2.05, 4.69) is 24.2 Å². The monoisotopic (exact) mass is 302 g/mol. The number of nitrogens with one attached hydrogen (secondary N) is 1. The Labute approximate surface area is 120 Å². The Morgan fingerprint density at radius 2 is 1.95 bits per heavy atom. The molecule has 1 aromatic rings. The minimum Gasteiger partial charge on any atom is -0.332 e. The van der Waals surface area contributed by atoms with Crippen molar-refractivity contribution in [3.63, 3.8) is 0 Å². The van der Waals surface area contributed by atoms with Crippen molar-refractivity contribution >= 4 is 22.6 Å². The summed E-state index contributed by atoms with van der Waals surface area (Å²) in [6, 6.07) is 2.08. The number of rotatable bonds is 4. The zero-order chi connectivity index (χ0) is 14.7. The zero-order valence-corrected chi connectivity index (χ0v) is 12.2. The number of aliphatic imine (C=N–C) groups is 1. The van der Waals surface area contributed by atoms with Crippen molar-refractivity contribution < 1.29 is 13.2 Å². The van der Waals surface area contributed by atoms with Crippen molar-refractivity contribution in [3.8, 4) is 0 Å². The maximum absolute atomic E-state index is 13.6. The molecule has 110 valence electrons. The largest absolute Gasteiger partial charge is 0.332 e. The van der Waals surface area contributed by atoms with Crippen LogP contribution in [0.25, 0.3) is 0 Å². The first-order chi connectivity index (χ1) is 9.56. The van der Waals surface area contributed by atoms with Gasteiger partial charge in [0.2, 0.25) is 0 Å². The third-order valence-corrected chi connectivity index (χ3v) is 4.82. The minimum atomic E-state index is -1.46. The number of thioether (sulfide) groups is 1. The SMILES string of the molecule is CCC(CC)C1CN=C(Nc2ccc(F)c(F)c2F)S1. The van der Waals surface area contributed by atoms with E-state index in [4.69, 9.17) is 0 Å². The van der Waals surface area contributed by atoms with Gasteiger partial charge in [0, 0.05) is 5.25 Å². The van der Waals surface area contributed by atoms with Crippen LogP contribution in [0.15, 0.2) is 17.1 Å². The molecule has 1 atom stereocenters. The predicted molar refractivity (Wildman–Crippen MR) is 77.7 cm³/mol. The third-order valence-electron chi connectivity index (χ3n) is 3.53. The molecule has 20 heavy (non-hydrogen) atoms. The summed E-state index contributed by atoms with van der Waals surface area (Å²) in [5.74, 6) is -3.31. The number of benzene rings is 1. The van der Waals surface area contributed by atoms with Gasteiger partial charge < -0.3 is 5.32 Å². The Hall–Kier alpha value is -1.17. The fourth-order valence-electron chi connectivity index (χ4n) is 2.26. The predicted octanol–water partition coefficient (Wildman–Crippen LogP) is 4.42. The fraction of sp³-hybridized carbons (Fsp3) is 0.500. The first-order valence-corrected chi connectivity index (χ1v) is 7.56. The molecule has 1 aromatic carbocycles. The molecule has 0 amide bonds. The molecule has 0 saturated heterocycles. The summed E-state index contributed by atoms with van der Waals surface area (Å²) in [5.41, 5.74) is -0.0830. The van der Waals surface area contributed by atoms with Gasteiger partial charge in [-0.05, 0) is 18.1 Å². The van der Waals surface area contributed by atoms with Crippen molar-refractivity contribution in [1.29, 1.82) is 0 Å². The molecular formula is C14H17F3N2S. The van der Waals surface area contributed by atoms with Crippen LogP contribution in [0.1, 0.15) is 26.7 Å². The van der Waals surface area contributed by atoms with Crippen molar-refractivity contribution in [2.24, 2.45) is 10.9 Å². The summed E-state index contributed by atoms with van der Waals surface area (Å²) in [6.45, 7) is 4.94. The lowest BCUT2D eigenvalue weighted by molar-refractivity contribution is 0.449. The molecule has 2 rings (SSSR count). The normalized spacial score (nSPS) is 18.5. The Balaban J connectivity index is 2.04. The number of amidine groups is 1. The molecule has 0 aliphatic carbocycles. The fourth-order valence-corrected chi connectivity index (χ4v) is 3.59. The highest BCUT2D eigenvalue weighted by Crippen LogP contribution is 2.32. The van der Waals surface area contributed by atoms with Gasteiger partial charge in [-0.25, -0.2) is 13.2 Å². The van der Waals surface area contributed by atoms with Crippen LogP contribution in [0, 0.1) is 23.4 Å². The molecule has 1 unspecified atom stereocenters. The Morgan fingerprint density at radius 3 is 2.60 bits per heavy atom. The zero-order valence-electron chi connectivity index (χ0n) is 11.4. The molecule has 0 radical (unpaired) electrons. The summed E-state index contributed by atoms with van der Waals surface area (Å²) in [7, 11) is 0. The van der Waals surface area contributed by atoms with Gasteiger partial charge in [-0.1, -0.05) is 38.5 Å². The van der Waals surface area contributed by atoms with Crippen molar-refractivity contribution in [2.45, 2.75) is 31.9 Å². The second-order valence-electron chi connectivity index (χ2n) is 4.73. The van der Waals surface area contributed by atoms with E-state index in [1.165, 1.54) is 17.8 Å². The lowest BCUT2D eigenvalue weighted by Gasteiger charge is -2.18. The van der Waals surface area contributed by atoms with E-state index < -0.39 is 17.5 Å². The van der Waals surface area contributed by atoms with Gasteiger partial charge >= 0.3 is 0 Å². The third kappa shape index (κ3) is 3.11. The molecule has 1 aliphatic rings. The second-order valence-corrected chi connectivity index (χ2v) is 5.95. The van der Waals surface area contributed by atoms with Gasteiger partial charge in [-0.15, -0.1) is 0 Å². The average molecular weight is 302 g/mol. The van der Waals surface area contributed by atoms with Crippen LogP contribution in [0.4, 0.5) is 18.9 Å². The van der Waals surface area contributed by atoms with Crippen LogP contribution in [-0.2, 0) is 0 Å². The highest BCUT2D eigenvalue weighted by Gasteiger charge is 2.26. The Bertz CT molecular complexity index is 515. The van der Waals surface area contributed by atoms with Gasteiger partial charge in [-0.2, -0.15) is 0 Å². The van der Waals surface area contributed by atoms with E-state index in [1.807, 2.05) is 0 Å². The van der Waals surface area contributed by atoms with Gasteiger partial charge in [0.1, 0.15) is 0 Å². The molecule has 0 saturated carbocycles. The van der Waals surface area contributed by atoms with E-state index in [-0.39, 0.29) is 5.69 Å². The average Bonchev–Trinajstić information content (AvgIpc) is 2.89. The number of hydrogen-bond acceptors (Lipinski definition) is 3. The van der Waals surface area contributed by atoms with E-state index in [0.29, 0.717) is 22.9 Å². The topological polar surface area (TPSA) is 24.4 Å². The summed E-state index contributed by atoms with van der Waals surface area (Å²) in [5, 5.41) is 3.67. The van der Waals surface area contributed by atoms with Crippen LogP contribution in [-0.4, -0.2) is 17.0 Å². The van der Waals surface area contributed by atoms with E-state index >= 15 is 0 Å². The van der Waals surface area contributed by atoms with Crippen LogP contribution < -0.4 is 5.32 Å². The van der Waals surface area contributed by atoms with E-state index in [0.717, 1.165) is 18.9 Å². The molecule has 6 heteroatoms. The molecule has 1 heterocycles. The minimum absolute atomic E-state index is 0.0830. The molecule has 0 fully saturated rings. The quantitative estimate of drug-likeness (QED) is 0.832. The summed E-state index contributed by atoms with van der Waals surface area (Å²) >= 11 is 1.54. The summed E-state index contributed by atoms with van der Waals surface area (Å²) in [6.07, 6.45) is 2.13. The van der Waals surface area contributed by atoms with Crippen LogP contribution in [0.3, 0.4) is 0 Å². The lowest BCUT2D eigenvalue weighted by Crippen LogP contribution is -2.17. The first kappa shape index (κ1) is 15.2. The maximum atomic E-state index is 13.6.